The van der Waals surface area contributed by atoms with Crippen LogP contribution >= 0.6 is 0 Å². The quantitative estimate of drug-likeness (QED) is 0.330. The lowest BCUT2D eigenvalue weighted by atomic mass is 10.1. The maximum absolute atomic E-state index is 3.62. The van der Waals surface area contributed by atoms with Crippen LogP contribution in [0.4, 0.5) is 11.4 Å². The van der Waals surface area contributed by atoms with Gasteiger partial charge in [-0.05, 0) is 41.5 Å². The number of anilines is 2. The zero-order chi connectivity index (χ0) is 20.2. The Hall–Kier alpha value is -4.04. The Morgan fingerprint density at radius 2 is 1.00 bits per heavy atom. The third kappa shape index (κ3) is 3.63. The molecule has 0 aliphatic rings. The number of para-hydroxylation sites is 1. The van der Waals surface area contributed by atoms with E-state index in [1.54, 1.807) is 0 Å². The van der Waals surface area contributed by atoms with Gasteiger partial charge in [-0.2, -0.15) is 0 Å². The van der Waals surface area contributed by atoms with Crippen LogP contribution in [-0.4, -0.2) is 4.57 Å². The number of hydrogen-bond donors (Lipinski definition) is 1. The van der Waals surface area contributed by atoms with E-state index in [2.05, 4.69) is 125 Å². The van der Waals surface area contributed by atoms with Crippen LogP contribution < -0.4 is 5.32 Å². The molecule has 1 heterocycles. The summed E-state index contributed by atoms with van der Waals surface area (Å²) in [6, 6.07) is 42.1. The first-order valence-corrected chi connectivity index (χ1v) is 10.1. The van der Waals surface area contributed by atoms with E-state index in [9.17, 15) is 0 Å². The summed E-state index contributed by atoms with van der Waals surface area (Å²) in [4.78, 5) is 0. The Morgan fingerprint density at radius 1 is 0.467 bits per heavy atom. The smallest absolute Gasteiger partial charge is 0.0765 e. The first-order valence-electron chi connectivity index (χ1n) is 10.1. The first kappa shape index (κ1) is 18.0. The summed E-state index contributed by atoms with van der Waals surface area (Å²) in [5, 5.41) is 3.62. The molecule has 0 spiro atoms. The van der Waals surface area contributed by atoms with Crippen LogP contribution in [-0.2, 0) is 0 Å². The molecule has 0 saturated heterocycles. The maximum atomic E-state index is 3.62. The van der Waals surface area contributed by atoms with Gasteiger partial charge in [0.1, 0.15) is 0 Å². The van der Waals surface area contributed by atoms with Crippen molar-refractivity contribution in [2.75, 3.05) is 5.32 Å². The van der Waals surface area contributed by atoms with E-state index < -0.39 is 0 Å². The lowest BCUT2D eigenvalue weighted by Crippen LogP contribution is -1.98. The highest BCUT2D eigenvalue weighted by Crippen LogP contribution is 2.34. The van der Waals surface area contributed by atoms with Gasteiger partial charge >= 0.3 is 0 Å². The van der Waals surface area contributed by atoms with Crippen LogP contribution in [0.15, 0.2) is 128 Å². The van der Waals surface area contributed by atoms with Gasteiger partial charge in [-0.1, -0.05) is 91.0 Å². The van der Waals surface area contributed by atoms with Gasteiger partial charge in [0.2, 0.25) is 0 Å². The predicted octanol–water partition coefficient (Wildman–Crippen LogP) is 7.55. The third-order valence-electron chi connectivity index (χ3n) is 5.24. The van der Waals surface area contributed by atoms with E-state index in [0.717, 1.165) is 22.8 Å². The molecule has 0 fully saturated rings. The van der Waals surface area contributed by atoms with Gasteiger partial charge in [0.15, 0.2) is 0 Å². The number of hydrogen-bond acceptors (Lipinski definition) is 1. The van der Waals surface area contributed by atoms with E-state index in [4.69, 9.17) is 0 Å². The number of nitrogens with zero attached hydrogens (tertiary/aromatic N) is 1. The second-order valence-corrected chi connectivity index (χ2v) is 7.22. The molecule has 5 aromatic rings. The lowest BCUT2D eigenvalue weighted by molar-refractivity contribution is 1.09. The van der Waals surface area contributed by atoms with Crippen molar-refractivity contribution in [2.24, 2.45) is 0 Å². The monoisotopic (exact) mass is 386 g/mol. The highest BCUT2D eigenvalue weighted by atomic mass is 15.0. The Bertz CT molecular complexity index is 1220. The van der Waals surface area contributed by atoms with Crippen LogP contribution in [0.3, 0.4) is 0 Å². The fourth-order valence-corrected chi connectivity index (χ4v) is 3.76. The van der Waals surface area contributed by atoms with Crippen LogP contribution in [0.25, 0.3) is 28.1 Å². The van der Waals surface area contributed by atoms with Crippen molar-refractivity contribution in [1.82, 2.24) is 4.57 Å². The molecule has 0 amide bonds. The second-order valence-electron chi connectivity index (χ2n) is 7.22. The Morgan fingerprint density at radius 3 is 1.63 bits per heavy atom. The van der Waals surface area contributed by atoms with Crippen molar-refractivity contribution in [3.05, 3.63) is 128 Å². The van der Waals surface area contributed by atoms with Crippen LogP contribution in [0.1, 0.15) is 0 Å². The predicted molar refractivity (Wildman–Crippen MR) is 126 cm³/mol. The van der Waals surface area contributed by atoms with Gasteiger partial charge in [0, 0.05) is 23.1 Å². The minimum atomic E-state index is 1.07. The molecule has 2 nitrogen and oxygen atoms in total. The standard InChI is InChI=1S/C28H22N2/c1-4-10-22(11-5-1)23-16-18-25(19-17-23)29-27-20-21-30(26-14-8-3-9-15-26)28(27)24-12-6-2-7-13-24/h1-21,29H. The number of aromatic nitrogens is 1. The van der Waals surface area contributed by atoms with E-state index in [-0.39, 0.29) is 0 Å². The van der Waals surface area contributed by atoms with Crippen molar-refractivity contribution < 1.29 is 0 Å². The Kier molecular flexibility index (Phi) is 4.89. The van der Waals surface area contributed by atoms with Crippen molar-refractivity contribution in [2.45, 2.75) is 0 Å². The molecule has 0 unspecified atom stereocenters. The van der Waals surface area contributed by atoms with Crippen LogP contribution in [0.2, 0.25) is 0 Å². The van der Waals surface area contributed by atoms with Gasteiger partial charge < -0.3 is 9.88 Å². The van der Waals surface area contributed by atoms with E-state index in [1.807, 2.05) is 12.1 Å². The highest BCUT2D eigenvalue weighted by molar-refractivity contribution is 5.81. The number of benzene rings is 4. The molecule has 2 heteroatoms. The number of rotatable bonds is 5. The second kappa shape index (κ2) is 8.14. The molecule has 1 N–H and O–H groups in total. The van der Waals surface area contributed by atoms with Crippen LogP contribution in [0, 0.1) is 0 Å². The molecule has 0 saturated carbocycles. The normalized spacial score (nSPS) is 10.7. The summed E-state index contributed by atoms with van der Waals surface area (Å²) >= 11 is 0. The van der Waals surface area contributed by atoms with Crippen LogP contribution in [0.5, 0.6) is 0 Å². The van der Waals surface area contributed by atoms with Gasteiger partial charge in [-0.15, -0.1) is 0 Å². The van der Waals surface area contributed by atoms with E-state index >= 15 is 0 Å². The molecule has 0 aliphatic heterocycles. The summed E-state index contributed by atoms with van der Waals surface area (Å²) in [5.74, 6) is 0. The highest BCUT2D eigenvalue weighted by Gasteiger charge is 2.13. The Balaban J connectivity index is 1.51. The number of nitrogens with one attached hydrogen (secondary N) is 1. The van der Waals surface area contributed by atoms with Gasteiger partial charge in [-0.25, -0.2) is 0 Å². The topological polar surface area (TPSA) is 17.0 Å². The Labute approximate surface area is 177 Å². The minimum Gasteiger partial charge on any atom is -0.354 e. The van der Waals surface area contributed by atoms with E-state index in [1.165, 1.54) is 16.7 Å². The molecular weight excluding hydrogens is 364 g/mol. The zero-order valence-electron chi connectivity index (χ0n) is 16.6. The minimum absolute atomic E-state index is 1.07. The van der Waals surface area contributed by atoms with Gasteiger partial charge in [0.05, 0.1) is 11.4 Å². The lowest BCUT2D eigenvalue weighted by Gasteiger charge is -2.14. The molecule has 1 aromatic heterocycles. The van der Waals surface area contributed by atoms with Crippen molar-refractivity contribution in [3.63, 3.8) is 0 Å². The fourth-order valence-electron chi connectivity index (χ4n) is 3.76. The molecule has 30 heavy (non-hydrogen) atoms. The molecule has 144 valence electrons. The average molecular weight is 386 g/mol. The third-order valence-corrected chi connectivity index (χ3v) is 5.24. The van der Waals surface area contributed by atoms with Gasteiger partial charge in [0.25, 0.3) is 0 Å². The van der Waals surface area contributed by atoms with E-state index in [0.29, 0.717) is 0 Å². The molecule has 0 radical (unpaired) electrons. The summed E-state index contributed by atoms with van der Waals surface area (Å²) in [5.41, 5.74) is 8.05. The van der Waals surface area contributed by atoms with Gasteiger partial charge in [-0.3, -0.25) is 0 Å². The summed E-state index contributed by atoms with van der Waals surface area (Å²) in [7, 11) is 0. The van der Waals surface area contributed by atoms with Crippen molar-refractivity contribution in [1.29, 1.82) is 0 Å². The summed E-state index contributed by atoms with van der Waals surface area (Å²) < 4.78 is 2.23. The first-order chi connectivity index (χ1) is 14.9. The summed E-state index contributed by atoms with van der Waals surface area (Å²) in [6.07, 6.45) is 2.12. The molecular formula is C28H22N2. The molecule has 5 rings (SSSR count). The summed E-state index contributed by atoms with van der Waals surface area (Å²) in [6.45, 7) is 0. The molecule has 4 aromatic carbocycles. The molecule has 0 atom stereocenters. The molecule has 0 aliphatic carbocycles. The average Bonchev–Trinajstić information content (AvgIpc) is 3.25. The SMILES string of the molecule is c1ccc(-c2ccc(Nc3ccn(-c4ccccc4)c3-c3ccccc3)cc2)cc1. The maximum Gasteiger partial charge on any atom is 0.0765 e. The fraction of sp³-hybridized carbons (Fsp3) is 0. The molecule has 0 bridgehead atoms. The van der Waals surface area contributed by atoms with Crippen molar-refractivity contribution in [3.8, 4) is 28.1 Å². The van der Waals surface area contributed by atoms with Crippen molar-refractivity contribution >= 4 is 11.4 Å². The zero-order valence-corrected chi connectivity index (χ0v) is 16.6. The largest absolute Gasteiger partial charge is 0.354 e.